The summed E-state index contributed by atoms with van der Waals surface area (Å²) in [5.74, 6) is -3.47. The molecule has 0 radical (unpaired) electrons. The molecule has 0 aliphatic carbocycles. The maximum atomic E-state index is 12.9. The van der Waals surface area contributed by atoms with Crippen LogP contribution in [0.15, 0.2) is 4.99 Å². The SMILES string of the molecule is CSCCC(NC(=O)C(NC(=O)C(CCCN=C(N)N)NC(=O)C(N)C(C)O)C(C)O)C(=O)O. The summed E-state index contributed by atoms with van der Waals surface area (Å²) in [4.78, 5) is 53.0. The van der Waals surface area contributed by atoms with Gasteiger partial charge in [0.25, 0.3) is 0 Å². The quantitative estimate of drug-likeness (QED) is 0.0560. The van der Waals surface area contributed by atoms with Crippen LogP contribution in [0.25, 0.3) is 0 Å². The number of aliphatic hydroxyl groups excluding tert-OH is 2. The summed E-state index contributed by atoms with van der Waals surface area (Å²) in [6.07, 6.45) is -0.331. The second-order valence-corrected chi connectivity index (χ2v) is 8.67. The van der Waals surface area contributed by atoms with Crippen LogP contribution < -0.4 is 33.2 Å². The molecule has 0 aromatic rings. The van der Waals surface area contributed by atoms with Crippen LogP contribution in [0.3, 0.4) is 0 Å². The number of aliphatic carboxylic acids is 1. The highest BCUT2D eigenvalue weighted by atomic mass is 32.2. The highest BCUT2D eigenvalue weighted by Gasteiger charge is 2.32. The van der Waals surface area contributed by atoms with E-state index in [-0.39, 0.29) is 31.8 Å². The Morgan fingerprint density at radius 3 is 1.97 bits per heavy atom. The summed E-state index contributed by atoms with van der Waals surface area (Å²) in [6, 6.07) is -5.22. The molecule has 0 saturated heterocycles. The number of nitrogens with one attached hydrogen (secondary N) is 3. The number of hydrogen-bond donors (Lipinski definition) is 9. The highest BCUT2D eigenvalue weighted by molar-refractivity contribution is 7.98. The molecule has 0 heterocycles. The molecule has 196 valence electrons. The lowest BCUT2D eigenvalue weighted by Crippen LogP contribution is -2.60. The maximum absolute atomic E-state index is 12.9. The van der Waals surface area contributed by atoms with Crippen molar-refractivity contribution >= 4 is 41.4 Å². The fourth-order valence-corrected chi connectivity index (χ4v) is 3.14. The molecule has 34 heavy (non-hydrogen) atoms. The lowest BCUT2D eigenvalue weighted by atomic mass is 10.1. The molecular weight excluding hydrogens is 470 g/mol. The molecule has 12 N–H and O–H groups in total. The topological polar surface area (TPSA) is 255 Å². The number of carbonyl (C=O) groups excluding carboxylic acids is 3. The summed E-state index contributed by atoms with van der Waals surface area (Å²) >= 11 is 1.40. The van der Waals surface area contributed by atoms with Gasteiger partial charge in [0.2, 0.25) is 17.7 Å². The van der Waals surface area contributed by atoms with E-state index in [1.807, 2.05) is 0 Å². The van der Waals surface area contributed by atoms with E-state index in [1.54, 1.807) is 6.26 Å². The molecule has 0 aromatic heterocycles. The van der Waals surface area contributed by atoms with E-state index < -0.39 is 60.1 Å². The first-order valence-electron chi connectivity index (χ1n) is 10.6. The molecule has 0 fully saturated rings. The molecule has 0 spiro atoms. The molecule has 0 rings (SSSR count). The van der Waals surface area contributed by atoms with Gasteiger partial charge in [-0.1, -0.05) is 0 Å². The molecule has 6 unspecified atom stereocenters. The number of aliphatic hydroxyl groups is 2. The predicted molar refractivity (Wildman–Crippen MR) is 128 cm³/mol. The predicted octanol–water partition coefficient (Wildman–Crippen LogP) is -3.58. The Morgan fingerprint density at radius 2 is 1.50 bits per heavy atom. The van der Waals surface area contributed by atoms with Crippen LogP contribution in [0.4, 0.5) is 0 Å². The maximum Gasteiger partial charge on any atom is 0.326 e. The molecule has 15 heteroatoms. The van der Waals surface area contributed by atoms with E-state index in [2.05, 4.69) is 20.9 Å². The standard InChI is InChI=1S/C19H37N7O7S/c1-9(27)13(20)16(30)24-11(5-4-7-23-19(21)22)15(29)26-14(10(2)28)17(31)25-12(18(32)33)6-8-34-3/h9-14,27-28H,4-8,20H2,1-3H3,(H,24,30)(H,25,31)(H,26,29)(H,32,33)(H4,21,22,23). The van der Waals surface area contributed by atoms with Crippen LogP contribution in [0.1, 0.15) is 33.1 Å². The average Bonchev–Trinajstić information content (AvgIpc) is 2.74. The van der Waals surface area contributed by atoms with Crippen LogP contribution in [-0.4, -0.2) is 99.9 Å². The third-order valence-electron chi connectivity index (χ3n) is 4.69. The zero-order chi connectivity index (χ0) is 26.4. The highest BCUT2D eigenvalue weighted by Crippen LogP contribution is 2.05. The fourth-order valence-electron chi connectivity index (χ4n) is 2.67. The van der Waals surface area contributed by atoms with Crippen molar-refractivity contribution in [3.05, 3.63) is 0 Å². The van der Waals surface area contributed by atoms with Crippen molar-refractivity contribution < 1.29 is 34.5 Å². The van der Waals surface area contributed by atoms with Crippen LogP contribution in [0.5, 0.6) is 0 Å². The van der Waals surface area contributed by atoms with Gasteiger partial charge in [0.05, 0.1) is 12.2 Å². The number of aliphatic imine (C=N–C) groups is 1. The molecule has 6 atom stereocenters. The second kappa shape index (κ2) is 16.1. The Bertz CT molecular complexity index is 717. The number of carboxylic acid groups (broad SMARTS) is 1. The number of carbonyl (C=O) groups is 4. The van der Waals surface area contributed by atoms with Crippen LogP contribution in [0, 0.1) is 0 Å². The van der Waals surface area contributed by atoms with Crippen LogP contribution in [0.2, 0.25) is 0 Å². The van der Waals surface area contributed by atoms with Gasteiger partial charge >= 0.3 is 5.97 Å². The third kappa shape index (κ3) is 12.0. The molecule has 0 aromatic carbocycles. The zero-order valence-electron chi connectivity index (χ0n) is 19.6. The molecule has 3 amide bonds. The largest absolute Gasteiger partial charge is 0.480 e. The van der Waals surface area contributed by atoms with Gasteiger partial charge in [0.15, 0.2) is 5.96 Å². The number of nitrogens with zero attached hydrogens (tertiary/aromatic N) is 1. The van der Waals surface area contributed by atoms with E-state index in [9.17, 15) is 34.5 Å². The summed E-state index contributed by atoms with van der Waals surface area (Å²) < 4.78 is 0. The first-order chi connectivity index (χ1) is 15.8. The Hall–Kier alpha value is -2.62. The third-order valence-corrected chi connectivity index (χ3v) is 5.33. The Kier molecular flexibility index (Phi) is 14.8. The van der Waals surface area contributed by atoms with Gasteiger partial charge in [0.1, 0.15) is 24.2 Å². The number of thioether (sulfide) groups is 1. The smallest absolute Gasteiger partial charge is 0.326 e. The zero-order valence-corrected chi connectivity index (χ0v) is 20.4. The minimum absolute atomic E-state index is 0.0422. The molecule has 0 saturated carbocycles. The second-order valence-electron chi connectivity index (χ2n) is 7.68. The lowest BCUT2D eigenvalue weighted by molar-refractivity contribution is -0.143. The first-order valence-corrected chi connectivity index (χ1v) is 12.0. The summed E-state index contributed by atoms with van der Waals surface area (Å²) in [5.41, 5.74) is 16.1. The molecule has 0 aliphatic heterocycles. The number of carboxylic acids is 1. The summed E-state index contributed by atoms with van der Waals surface area (Å²) in [5, 5.41) is 35.9. The number of nitrogens with two attached hydrogens (primary N) is 3. The average molecular weight is 508 g/mol. The van der Waals surface area contributed by atoms with E-state index in [0.29, 0.717) is 5.75 Å². The molecule has 0 bridgehead atoms. The monoisotopic (exact) mass is 507 g/mol. The molecule has 0 aliphatic rings. The van der Waals surface area contributed by atoms with Crippen molar-refractivity contribution in [2.24, 2.45) is 22.2 Å². The van der Waals surface area contributed by atoms with E-state index in [1.165, 1.54) is 25.6 Å². The lowest BCUT2D eigenvalue weighted by Gasteiger charge is -2.26. The van der Waals surface area contributed by atoms with Gasteiger partial charge in [0, 0.05) is 6.54 Å². The Morgan fingerprint density at radius 1 is 0.912 bits per heavy atom. The fraction of sp³-hybridized carbons (Fsp3) is 0.737. The minimum Gasteiger partial charge on any atom is -0.480 e. The van der Waals surface area contributed by atoms with Crippen molar-refractivity contribution in [1.82, 2.24) is 16.0 Å². The van der Waals surface area contributed by atoms with Gasteiger partial charge < -0.3 is 48.5 Å². The number of rotatable bonds is 16. The normalized spacial score (nSPS) is 16.2. The van der Waals surface area contributed by atoms with Gasteiger partial charge in [-0.25, -0.2) is 4.79 Å². The van der Waals surface area contributed by atoms with E-state index >= 15 is 0 Å². The van der Waals surface area contributed by atoms with Crippen molar-refractivity contribution in [2.45, 2.75) is 69.5 Å². The van der Waals surface area contributed by atoms with Crippen LogP contribution in [-0.2, 0) is 19.2 Å². The van der Waals surface area contributed by atoms with Gasteiger partial charge in [-0.3, -0.25) is 19.4 Å². The number of hydrogen-bond acceptors (Lipinski definition) is 9. The van der Waals surface area contributed by atoms with Crippen molar-refractivity contribution in [3.8, 4) is 0 Å². The Labute approximate surface area is 202 Å². The summed E-state index contributed by atoms with van der Waals surface area (Å²) in [6.45, 7) is 2.71. The van der Waals surface area contributed by atoms with E-state index in [0.717, 1.165) is 0 Å². The first kappa shape index (κ1) is 31.4. The summed E-state index contributed by atoms with van der Waals surface area (Å²) in [7, 11) is 0. The van der Waals surface area contributed by atoms with Crippen LogP contribution >= 0.6 is 11.8 Å². The number of guanidine groups is 1. The molecular formula is C19H37N7O7S. The van der Waals surface area contributed by atoms with Gasteiger partial charge in [-0.15, -0.1) is 0 Å². The molecule has 14 nitrogen and oxygen atoms in total. The van der Waals surface area contributed by atoms with Crippen molar-refractivity contribution in [1.29, 1.82) is 0 Å². The van der Waals surface area contributed by atoms with E-state index in [4.69, 9.17) is 17.2 Å². The number of amides is 3. The van der Waals surface area contributed by atoms with Crippen molar-refractivity contribution in [3.63, 3.8) is 0 Å². The van der Waals surface area contributed by atoms with Gasteiger partial charge in [-0.05, 0) is 45.1 Å². The minimum atomic E-state index is -1.49. The Balaban J connectivity index is 5.48. The van der Waals surface area contributed by atoms with Gasteiger partial charge in [-0.2, -0.15) is 11.8 Å². The van der Waals surface area contributed by atoms with Crippen molar-refractivity contribution in [2.75, 3.05) is 18.6 Å².